The van der Waals surface area contributed by atoms with E-state index < -0.39 is 0 Å². The second-order valence-electron chi connectivity index (χ2n) is 3.58. The van der Waals surface area contributed by atoms with Crippen molar-refractivity contribution in [2.24, 2.45) is 0 Å². The molecular formula is C11H11BrClNO. The molecule has 2 rings (SSSR count). The minimum atomic E-state index is 0.184. The molecule has 1 amide bonds. The monoisotopic (exact) mass is 287 g/mol. The molecule has 1 saturated heterocycles. The van der Waals surface area contributed by atoms with Crippen molar-refractivity contribution < 1.29 is 4.79 Å². The molecule has 1 heterocycles. The van der Waals surface area contributed by atoms with E-state index in [-0.39, 0.29) is 5.91 Å². The smallest absolute Gasteiger partial charge is 0.227 e. The Morgan fingerprint density at radius 1 is 1.33 bits per heavy atom. The van der Waals surface area contributed by atoms with Crippen LogP contribution in [-0.2, 0) is 4.79 Å². The Bertz CT molecular complexity index is 394. The topological polar surface area (TPSA) is 20.3 Å². The zero-order valence-corrected chi connectivity index (χ0v) is 10.5. The van der Waals surface area contributed by atoms with E-state index >= 15 is 0 Å². The second-order valence-corrected chi connectivity index (χ2v) is 4.78. The summed E-state index contributed by atoms with van der Waals surface area (Å²) in [5, 5.41) is 0.644. The van der Waals surface area contributed by atoms with Gasteiger partial charge in [0.1, 0.15) is 0 Å². The molecule has 1 fully saturated rings. The number of nitrogens with zero attached hydrogens (tertiary/aromatic N) is 1. The highest BCUT2D eigenvalue weighted by Crippen LogP contribution is 2.34. The third-order valence-electron chi connectivity index (χ3n) is 2.55. The predicted molar refractivity (Wildman–Crippen MR) is 65.4 cm³/mol. The number of carbonyl (C=O) groups excluding carboxylic acids is 1. The average Bonchev–Trinajstić information content (AvgIpc) is 2.23. The highest BCUT2D eigenvalue weighted by Gasteiger charge is 2.21. The van der Waals surface area contributed by atoms with Crippen LogP contribution in [0.5, 0.6) is 0 Å². The third-order valence-corrected chi connectivity index (χ3v) is 3.92. The first kappa shape index (κ1) is 11.0. The quantitative estimate of drug-likeness (QED) is 0.773. The second kappa shape index (κ2) is 4.54. The number of hydrogen-bond donors (Lipinski definition) is 0. The van der Waals surface area contributed by atoms with Crippen molar-refractivity contribution in [2.45, 2.75) is 19.3 Å². The number of benzene rings is 1. The molecule has 0 N–H and O–H groups in total. The van der Waals surface area contributed by atoms with Crippen molar-refractivity contribution in [1.29, 1.82) is 0 Å². The van der Waals surface area contributed by atoms with E-state index in [9.17, 15) is 4.79 Å². The van der Waals surface area contributed by atoms with Gasteiger partial charge in [-0.2, -0.15) is 0 Å². The summed E-state index contributed by atoms with van der Waals surface area (Å²) in [4.78, 5) is 13.5. The Labute approximate surface area is 102 Å². The summed E-state index contributed by atoms with van der Waals surface area (Å²) in [6.07, 6.45) is 2.69. The van der Waals surface area contributed by atoms with Gasteiger partial charge in [-0.05, 0) is 40.9 Å². The van der Waals surface area contributed by atoms with Gasteiger partial charge in [0, 0.05) is 13.0 Å². The van der Waals surface area contributed by atoms with E-state index in [4.69, 9.17) is 11.6 Å². The van der Waals surface area contributed by atoms with E-state index in [0.717, 1.165) is 29.5 Å². The molecular weight excluding hydrogens is 277 g/mol. The highest BCUT2D eigenvalue weighted by molar-refractivity contribution is 9.10. The van der Waals surface area contributed by atoms with Gasteiger partial charge in [-0.1, -0.05) is 17.7 Å². The molecule has 1 aromatic rings. The number of rotatable bonds is 1. The number of amides is 1. The Morgan fingerprint density at radius 2 is 2.13 bits per heavy atom. The molecule has 0 atom stereocenters. The molecule has 1 aliphatic rings. The van der Waals surface area contributed by atoms with Gasteiger partial charge in [0.2, 0.25) is 5.91 Å². The van der Waals surface area contributed by atoms with Crippen LogP contribution in [0.2, 0.25) is 5.02 Å². The molecule has 0 aliphatic carbocycles. The summed E-state index contributed by atoms with van der Waals surface area (Å²) >= 11 is 9.41. The molecule has 0 radical (unpaired) electrons. The standard InChI is InChI=1S/C11H11BrClNO/c12-11-8(13)4-3-5-9(11)14-7-2-1-6-10(14)15/h3-5H,1-2,6-7H2. The first-order valence-electron chi connectivity index (χ1n) is 4.94. The van der Waals surface area contributed by atoms with Crippen molar-refractivity contribution in [2.75, 3.05) is 11.4 Å². The van der Waals surface area contributed by atoms with Crippen molar-refractivity contribution in [3.63, 3.8) is 0 Å². The van der Waals surface area contributed by atoms with E-state index in [1.54, 1.807) is 4.90 Å². The summed E-state index contributed by atoms with van der Waals surface area (Å²) < 4.78 is 0.807. The fourth-order valence-corrected chi connectivity index (χ4v) is 2.41. The number of piperidine rings is 1. The van der Waals surface area contributed by atoms with Gasteiger partial charge >= 0.3 is 0 Å². The normalized spacial score (nSPS) is 16.9. The summed E-state index contributed by atoms with van der Waals surface area (Å²) in [6.45, 7) is 0.789. The van der Waals surface area contributed by atoms with Crippen LogP contribution < -0.4 is 4.90 Å². The maximum absolute atomic E-state index is 11.7. The molecule has 0 bridgehead atoms. The first-order valence-corrected chi connectivity index (χ1v) is 6.11. The summed E-state index contributed by atoms with van der Waals surface area (Å²) in [5.74, 6) is 0.184. The van der Waals surface area contributed by atoms with Gasteiger partial charge in [-0.25, -0.2) is 0 Å². The summed E-state index contributed by atoms with van der Waals surface area (Å²) in [5.41, 5.74) is 0.882. The predicted octanol–water partition coefficient (Wildman–Crippen LogP) is 3.62. The molecule has 0 saturated carbocycles. The fourth-order valence-electron chi connectivity index (χ4n) is 1.76. The molecule has 80 valence electrons. The van der Waals surface area contributed by atoms with Crippen LogP contribution in [0.1, 0.15) is 19.3 Å². The number of hydrogen-bond acceptors (Lipinski definition) is 1. The van der Waals surface area contributed by atoms with Crippen LogP contribution in [0, 0.1) is 0 Å². The van der Waals surface area contributed by atoms with Crippen molar-refractivity contribution in [1.82, 2.24) is 0 Å². The van der Waals surface area contributed by atoms with Crippen molar-refractivity contribution >= 4 is 39.1 Å². The minimum Gasteiger partial charge on any atom is -0.311 e. The van der Waals surface area contributed by atoms with Crippen LogP contribution in [0.3, 0.4) is 0 Å². The number of carbonyl (C=O) groups is 1. The van der Waals surface area contributed by atoms with Crippen LogP contribution in [-0.4, -0.2) is 12.5 Å². The van der Waals surface area contributed by atoms with E-state index in [1.165, 1.54) is 0 Å². The van der Waals surface area contributed by atoms with Crippen LogP contribution in [0.25, 0.3) is 0 Å². The molecule has 1 aliphatic heterocycles. The van der Waals surface area contributed by atoms with E-state index in [2.05, 4.69) is 15.9 Å². The van der Waals surface area contributed by atoms with Gasteiger partial charge in [-0.3, -0.25) is 4.79 Å². The molecule has 0 unspecified atom stereocenters. The first-order chi connectivity index (χ1) is 7.20. The SMILES string of the molecule is O=C1CCCCN1c1cccc(Cl)c1Br. The van der Waals surface area contributed by atoms with Crippen LogP contribution in [0.15, 0.2) is 22.7 Å². The Morgan fingerprint density at radius 3 is 2.87 bits per heavy atom. The minimum absolute atomic E-state index is 0.184. The zero-order chi connectivity index (χ0) is 10.8. The van der Waals surface area contributed by atoms with Gasteiger partial charge in [0.05, 0.1) is 15.2 Å². The molecule has 15 heavy (non-hydrogen) atoms. The molecule has 0 spiro atoms. The molecule has 2 nitrogen and oxygen atoms in total. The molecule has 4 heteroatoms. The maximum atomic E-state index is 11.7. The van der Waals surface area contributed by atoms with Crippen LogP contribution in [0.4, 0.5) is 5.69 Å². The molecule has 0 aromatic heterocycles. The average molecular weight is 289 g/mol. The number of anilines is 1. The van der Waals surface area contributed by atoms with Crippen LogP contribution >= 0.6 is 27.5 Å². The lowest BCUT2D eigenvalue weighted by molar-refractivity contribution is -0.119. The van der Waals surface area contributed by atoms with Crippen molar-refractivity contribution in [3.05, 3.63) is 27.7 Å². The number of halogens is 2. The summed E-state index contributed by atoms with van der Waals surface area (Å²) in [6, 6.07) is 5.59. The lowest BCUT2D eigenvalue weighted by Gasteiger charge is -2.27. The van der Waals surface area contributed by atoms with Gasteiger partial charge in [0.15, 0.2) is 0 Å². The lowest BCUT2D eigenvalue weighted by Crippen LogP contribution is -2.35. The molecule has 1 aromatic carbocycles. The maximum Gasteiger partial charge on any atom is 0.227 e. The zero-order valence-electron chi connectivity index (χ0n) is 8.17. The van der Waals surface area contributed by atoms with Gasteiger partial charge in [0.25, 0.3) is 0 Å². The highest BCUT2D eigenvalue weighted by atomic mass is 79.9. The lowest BCUT2D eigenvalue weighted by atomic mass is 10.1. The fraction of sp³-hybridized carbons (Fsp3) is 0.364. The largest absolute Gasteiger partial charge is 0.311 e. The van der Waals surface area contributed by atoms with Gasteiger partial charge < -0.3 is 4.90 Å². The Hall–Kier alpha value is -0.540. The summed E-state index contributed by atoms with van der Waals surface area (Å²) in [7, 11) is 0. The van der Waals surface area contributed by atoms with E-state index in [1.807, 2.05) is 18.2 Å². The van der Waals surface area contributed by atoms with E-state index in [0.29, 0.717) is 11.4 Å². The van der Waals surface area contributed by atoms with Crippen molar-refractivity contribution in [3.8, 4) is 0 Å². The Kier molecular flexibility index (Phi) is 3.32. The Balaban J connectivity index is 2.35. The third kappa shape index (κ3) is 2.18. The van der Waals surface area contributed by atoms with Gasteiger partial charge in [-0.15, -0.1) is 0 Å².